The maximum absolute atomic E-state index is 11.9. The van der Waals surface area contributed by atoms with Gasteiger partial charge < -0.3 is 9.47 Å². The normalized spacial score (nSPS) is 11.0. The highest BCUT2D eigenvalue weighted by Gasteiger charge is 1.95. The molecule has 0 aromatic heterocycles. The van der Waals surface area contributed by atoms with Gasteiger partial charge in [0, 0.05) is 0 Å². The topological polar surface area (TPSA) is 35.5 Å². The van der Waals surface area contributed by atoms with Crippen LogP contribution in [0, 0.1) is 0 Å². The minimum absolute atomic E-state index is 0.0781. The van der Waals surface area contributed by atoms with Gasteiger partial charge in [0.25, 0.3) is 0 Å². The zero-order chi connectivity index (χ0) is 15.8. The molecule has 0 bridgehead atoms. The maximum Gasteiger partial charge on any atom is 0.178 e. The molecule has 0 aliphatic carbocycles. The molecule has 2 aromatic carbocycles. The highest BCUT2D eigenvalue weighted by molar-refractivity contribution is 6.04. The highest BCUT2D eigenvalue weighted by atomic mass is 16.5. The minimum atomic E-state index is -0.0781. The van der Waals surface area contributed by atoms with E-state index in [1.54, 1.807) is 26.4 Å². The number of ketones is 1. The first-order valence-electron chi connectivity index (χ1n) is 6.89. The lowest BCUT2D eigenvalue weighted by Crippen LogP contribution is -1.87. The Labute approximate surface area is 130 Å². The molecule has 0 atom stereocenters. The zero-order valence-electron chi connectivity index (χ0n) is 12.7. The van der Waals surface area contributed by atoms with Crippen LogP contribution in [-0.2, 0) is 4.79 Å². The molecule has 2 rings (SSSR count). The van der Waals surface area contributed by atoms with E-state index in [1.165, 1.54) is 12.2 Å². The van der Waals surface area contributed by atoms with Crippen molar-refractivity contribution < 1.29 is 14.3 Å². The van der Waals surface area contributed by atoms with E-state index in [2.05, 4.69) is 0 Å². The fourth-order valence-electron chi connectivity index (χ4n) is 1.90. The van der Waals surface area contributed by atoms with Gasteiger partial charge in [-0.15, -0.1) is 0 Å². The molecule has 0 radical (unpaired) electrons. The molecule has 0 spiro atoms. The van der Waals surface area contributed by atoms with E-state index < -0.39 is 0 Å². The maximum atomic E-state index is 11.9. The van der Waals surface area contributed by atoms with Crippen molar-refractivity contribution in [3.8, 4) is 11.5 Å². The van der Waals surface area contributed by atoms with Crippen LogP contribution in [-0.4, -0.2) is 20.0 Å². The van der Waals surface area contributed by atoms with Crippen molar-refractivity contribution in [1.82, 2.24) is 0 Å². The second kappa shape index (κ2) is 7.84. The summed E-state index contributed by atoms with van der Waals surface area (Å²) in [5, 5.41) is 0. The summed E-state index contributed by atoms with van der Waals surface area (Å²) in [4.78, 5) is 11.9. The van der Waals surface area contributed by atoms with Crippen molar-refractivity contribution in [1.29, 1.82) is 0 Å². The van der Waals surface area contributed by atoms with Crippen LogP contribution >= 0.6 is 0 Å². The Bertz CT molecular complexity index is 640. The van der Waals surface area contributed by atoms with Gasteiger partial charge in [0.2, 0.25) is 0 Å². The lowest BCUT2D eigenvalue weighted by Gasteiger charge is -2.00. The summed E-state index contributed by atoms with van der Waals surface area (Å²) in [6, 6.07) is 15.1. The third-order valence-corrected chi connectivity index (χ3v) is 3.07. The van der Waals surface area contributed by atoms with Gasteiger partial charge in [-0.2, -0.15) is 0 Å². The Morgan fingerprint density at radius 1 is 0.818 bits per heavy atom. The SMILES string of the molecule is COc1cccc(C=CC(=O)C=Cc2cccc(OC)c2)c1. The zero-order valence-corrected chi connectivity index (χ0v) is 12.7. The number of rotatable bonds is 6. The van der Waals surface area contributed by atoms with E-state index in [0.717, 1.165) is 22.6 Å². The quantitative estimate of drug-likeness (QED) is 0.755. The molecule has 3 heteroatoms. The number of allylic oxidation sites excluding steroid dienone is 2. The monoisotopic (exact) mass is 294 g/mol. The Hall–Kier alpha value is -2.81. The predicted molar refractivity (Wildman–Crippen MR) is 89.1 cm³/mol. The second-order valence-corrected chi connectivity index (χ2v) is 4.62. The van der Waals surface area contributed by atoms with Gasteiger partial charge in [0.05, 0.1) is 14.2 Å². The third-order valence-electron chi connectivity index (χ3n) is 3.07. The van der Waals surface area contributed by atoms with Crippen molar-refractivity contribution in [2.75, 3.05) is 14.2 Å². The Morgan fingerprint density at radius 3 is 1.68 bits per heavy atom. The lowest BCUT2D eigenvalue weighted by atomic mass is 10.1. The lowest BCUT2D eigenvalue weighted by molar-refractivity contribution is -0.110. The number of ether oxygens (including phenoxy) is 2. The summed E-state index contributed by atoms with van der Waals surface area (Å²) < 4.78 is 10.3. The number of hydrogen-bond donors (Lipinski definition) is 0. The minimum Gasteiger partial charge on any atom is -0.497 e. The van der Waals surface area contributed by atoms with Crippen LogP contribution in [0.1, 0.15) is 11.1 Å². The molecule has 0 saturated heterocycles. The van der Waals surface area contributed by atoms with Crippen molar-refractivity contribution in [2.24, 2.45) is 0 Å². The Balaban J connectivity index is 2.02. The molecule has 3 nitrogen and oxygen atoms in total. The number of benzene rings is 2. The number of carbonyl (C=O) groups excluding carboxylic acids is 1. The van der Waals surface area contributed by atoms with E-state index in [1.807, 2.05) is 48.5 Å². The third kappa shape index (κ3) is 4.63. The first kappa shape index (κ1) is 15.6. The molecule has 0 fully saturated rings. The molecule has 22 heavy (non-hydrogen) atoms. The molecule has 0 aliphatic rings. The first-order valence-corrected chi connectivity index (χ1v) is 6.89. The van der Waals surface area contributed by atoms with Crippen LogP contribution in [0.25, 0.3) is 12.2 Å². The van der Waals surface area contributed by atoms with Crippen molar-refractivity contribution in [3.05, 3.63) is 71.8 Å². The summed E-state index contributed by atoms with van der Waals surface area (Å²) in [5.74, 6) is 1.45. The molecule has 0 heterocycles. The molecular weight excluding hydrogens is 276 g/mol. The van der Waals surface area contributed by atoms with E-state index in [-0.39, 0.29) is 5.78 Å². The van der Waals surface area contributed by atoms with Crippen LogP contribution in [0.5, 0.6) is 11.5 Å². The summed E-state index contributed by atoms with van der Waals surface area (Å²) in [6.45, 7) is 0. The smallest absolute Gasteiger partial charge is 0.178 e. The molecule has 0 aliphatic heterocycles. The molecule has 0 unspecified atom stereocenters. The van der Waals surface area contributed by atoms with Crippen LogP contribution in [0.2, 0.25) is 0 Å². The van der Waals surface area contributed by atoms with Gasteiger partial charge in [-0.3, -0.25) is 4.79 Å². The fraction of sp³-hybridized carbons (Fsp3) is 0.105. The molecular formula is C19H18O3. The van der Waals surface area contributed by atoms with Gasteiger partial charge in [0.1, 0.15) is 11.5 Å². The van der Waals surface area contributed by atoms with Crippen LogP contribution in [0.15, 0.2) is 60.7 Å². The molecule has 0 N–H and O–H groups in total. The van der Waals surface area contributed by atoms with Gasteiger partial charge in [-0.05, 0) is 47.5 Å². The van der Waals surface area contributed by atoms with E-state index in [4.69, 9.17) is 9.47 Å². The van der Waals surface area contributed by atoms with Gasteiger partial charge in [-0.1, -0.05) is 36.4 Å². The molecule has 0 amide bonds. The molecule has 2 aromatic rings. The average molecular weight is 294 g/mol. The van der Waals surface area contributed by atoms with Crippen LogP contribution < -0.4 is 9.47 Å². The standard InChI is InChI=1S/C19H18O3/c1-21-18-7-3-5-15(13-18)9-11-17(20)12-10-16-6-4-8-19(14-16)22-2/h3-14H,1-2H3. The highest BCUT2D eigenvalue weighted by Crippen LogP contribution is 2.15. The summed E-state index contributed by atoms with van der Waals surface area (Å²) in [6.07, 6.45) is 6.60. The predicted octanol–water partition coefficient (Wildman–Crippen LogP) is 4.00. The summed E-state index contributed by atoms with van der Waals surface area (Å²) >= 11 is 0. The molecule has 112 valence electrons. The van der Waals surface area contributed by atoms with Crippen molar-refractivity contribution >= 4 is 17.9 Å². The van der Waals surface area contributed by atoms with Gasteiger partial charge in [0.15, 0.2) is 5.78 Å². The van der Waals surface area contributed by atoms with Gasteiger partial charge >= 0.3 is 0 Å². The van der Waals surface area contributed by atoms with Crippen LogP contribution in [0.4, 0.5) is 0 Å². The van der Waals surface area contributed by atoms with Gasteiger partial charge in [-0.25, -0.2) is 0 Å². The van der Waals surface area contributed by atoms with E-state index in [0.29, 0.717) is 0 Å². The van der Waals surface area contributed by atoms with E-state index >= 15 is 0 Å². The average Bonchev–Trinajstić information content (AvgIpc) is 2.58. The number of hydrogen-bond acceptors (Lipinski definition) is 3. The fourth-order valence-corrected chi connectivity index (χ4v) is 1.90. The van der Waals surface area contributed by atoms with Crippen molar-refractivity contribution in [3.63, 3.8) is 0 Å². The van der Waals surface area contributed by atoms with Crippen molar-refractivity contribution in [2.45, 2.75) is 0 Å². The Morgan fingerprint density at radius 2 is 1.27 bits per heavy atom. The Kier molecular flexibility index (Phi) is 5.55. The van der Waals surface area contributed by atoms with E-state index in [9.17, 15) is 4.79 Å². The largest absolute Gasteiger partial charge is 0.497 e. The summed E-state index contributed by atoms with van der Waals surface area (Å²) in [5.41, 5.74) is 1.84. The first-order chi connectivity index (χ1) is 10.7. The number of methoxy groups -OCH3 is 2. The molecule has 0 saturated carbocycles. The van der Waals surface area contributed by atoms with Crippen LogP contribution in [0.3, 0.4) is 0 Å². The number of carbonyl (C=O) groups is 1. The second-order valence-electron chi connectivity index (χ2n) is 4.62. The summed E-state index contributed by atoms with van der Waals surface area (Å²) in [7, 11) is 3.23.